The molecular formula is C60H103NO5. The van der Waals surface area contributed by atoms with Crippen molar-refractivity contribution in [3.63, 3.8) is 0 Å². The lowest BCUT2D eigenvalue weighted by Crippen LogP contribution is -2.46. The summed E-state index contributed by atoms with van der Waals surface area (Å²) in [6, 6.07) is -0.725. The minimum atomic E-state index is -0.808. The number of carbonyl (C=O) groups is 2. The third-order valence-electron chi connectivity index (χ3n) is 12.0. The number of allylic oxidation sites excluding steroid dienone is 16. The predicted octanol–water partition coefficient (Wildman–Crippen LogP) is 16.9. The van der Waals surface area contributed by atoms with E-state index in [0.29, 0.717) is 19.3 Å². The van der Waals surface area contributed by atoms with Crippen molar-refractivity contribution in [2.45, 2.75) is 264 Å². The normalized spacial score (nSPS) is 14.0. The van der Waals surface area contributed by atoms with Crippen molar-refractivity contribution in [2.75, 3.05) is 6.61 Å². The lowest BCUT2D eigenvalue weighted by molar-refractivity contribution is -0.151. The highest BCUT2D eigenvalue weighted by Crippen LogP contribution is 2.17. The predicted molar refractivity (Wildman–Crippen MR) is 287 cm³/mol. The maximum Gasteiger partial charge on any atom is 0.306 e. The van der Waals surface area contributed by atoms with Crippen LogP contribution in [0.4, 0.5) is 0 Å². The van der Waals surface area contributed by atoms with Crippen LogP contribution in [0.1, 0.15) is 245 Å². The van der Waals surface area contributed by atoms with Gasteiger partial charge in [0.25, 0.3) is 0 Å². The van der Waals surface area contributed by atoms with E-state index in [2.05, 4.69) is 80.8 Å². The third-order valence-corrected chi connectivity index (χ3v) is 12.0. The summed E-state index contributed by atoms with van der Waals surface area (Å²) in [6.45, 7) is 6.30. The highest BCUT2D eigenvalue weighted by molar-refractivity contribution is 5.77. The number of hydrogen-bond acceptors (Lipinski definition) is 5. The molecule has 0 heterocycles. The lowest BCUT2D eigenvalue weighted by Gasteiger charge is -2.24. The van der Waals surface area contributed by atoms with Crippen molar-refractivity contribution in [3.8, 4) is 0 Å². The van der Waals surface area contributed by atoms with Crippen LogP contribution in [-0.2, 0) is 14.3 Å². The Morgan fingerprint density at radius 2 is 0.879 bits per heavy atom. The van der Waals surface area contributed by atoms with E-state index in [1.54, 1.807) is 0 Å². The van der Waals surface area contributed by atoms with Crippen LogP contribution >= 0.6 is 0 Å². The number of hydrogen-bond donors (Lipinski definition) is 3. The zero-order chi connectivity index (χ0) is 48.1. The molecule has 3 unspecified atom stereocenters. The first-order valence-corrected chi connectivity index (χ1v) is 27.5. The van der Waals surface area contributed by atoms with Gasteiger partial charge in [0.1, 0.15) is 6.10 Å². The van der Waals surface area contributed by atoms with Gasteiger partial charge in [0.2, 0.25) is 5.91 Å². The van der Waals surface area contributed by atoms with Crippen LogP contribution < -0.4 is 5.32 Å². The summed E-state index contributed by atoms with van der Waals surface area (Å²) in [4.78, 5) is 26.2. The second kappa shape index (κ2) is 52.7. The first-order chi connectivity index (χ1) is 32.5. The van der Waals surface area contributed by atoms with Crippen LogP contribution in [0.3, 0.4) is 0 Å². The molecule has 3 atom stereocenters. The van der Waals surface area contributed by atoms with Gasteiger partial charge >= 0.3 is 5.97 Å². The molecule has 0 aromatic heterocycles. The molecule has 378 valence electrons. The molecule has 0 aromatic carbocycles. The first-order valence-electron chi connectivity index (χ1n) is 27.5. The van der Waals surface area contributed by atoms with E-state index >= 15 is 0 Å². The van der Waals surface area contributed by atoms with Crippen molar-refractivity contribution in [1.82, 2.24) is 5.32 Å². The molecule has 0 spiro atoms. The number of unbranched alkanes of at least 4 members (excludes halogenated alkanes) is 24. The summed E-state index contributed by atoms with van der Waals surface area (Å²) in [6.07, 6.45) is 70.3. The average Bonchev–Trinajstić information content (AvgIpc) is 3.31. The Kier molecular flexibility index (Phi) is 50.2. The number of ether oxygens (including phenoxy) is 1. The van der Waals surface area contributed by atoms with E-state index in [1.807, 2.05) is 42.5 Å². The molecule has 1 amide bonds. The van der Waals surface area contributed by atoms with Gasteiger partial charge in [0.15, 0.2) is 0 Å². The Bertz CT molecular complexity index is 1310. The minimum Gasteiger partial charge on any atom is -0.462 e. The molecule has 6 nitrogen and oxygen atoms in total. The standard InChI is InChI=1S/C60H103NO5/c1-4-7-10-13-16-19-22-25-28-29-32-33-36-39-42-45-48-51-56(66-60(65)53-50-47-44-41-38-35-31-27-24-21-18-15-12-9-6-3)54-59(64)61-57(55-62)58(63)52-49-46-43-40-37-34-30-26-23-20-17-14-11-8-5-2/h9,12,15-16,18-19,21,24-25,27-28,31-33,35,38,56-58,62-63H,4-8,10-11,13-14,17,20,22-23,26,29-30,34,36-37,39-55H2,1-3H3,(H,61,64)/b12-9+,18-15+,19-16-,24-21-,28-25-,31-27-,33-32-,38-35+. The quantitative estimate of drug-likeness (QED) is 0.0245. The number of aliphatic hydroxyl groups is 2. The van der Waals surface area contributed by atoms with E-state index in [-0.39, 0.29) is 24.9 Å². The van der Waals surface area contributed by atoms with Gasteiger partial charge in [-0.25, -0.2) is 0 Å². The second-order valence-electron chi connectivity index (χ2n) is 18.4. The smallest absolute Gasteiger partial charge is 0.306 e. The van der Waals surface area contributed by atoms with Crippen molar-refractivity contribution in [2.24, 2.45) is 0 Å². The van der Waals surface area contributed by atoms with E-state index in [4.69, 9.17) is 4.74 Å². The van der Waals surface area contributed by atoms with Crippen molar-refractivity contribution >= 4 is 11.9 Å². The SMILES string of the molecule is CC/C=C/C=C/C=C\C=C/C=C/CCCCCC(=O)OC(CCCCCC/C=C\C/C=C\C/C=C\CCCCC)CC(=O)NC(CO)C(O)CCCCCCCCCCCCCCCCC. The summed E-state index contributed by atoms with van der Waals surface area (Å²) < 4.78 is 5.92. The van der Waals surface area contributed by atoms with Crippen molar-refractivity contribution in [3.05, 3.63) is 97.2 Å². The molecule has 0 aromatic rings. The Balaban J connectivity index is 4.71. The molecule has 0 aliphatic rings. The Labute approximate surface area is 407 Å². The Morgan fingerprint density at radius 3 is 1.41 bits per heavy atom. The Hall–Kier alpha value is -3.22. The fourth-order valence-electron chi connectivity index (χ4n) is 7.87. The topological polar surface area (TPSA) is 95.9 Å². The summed E-state index contributed by atoms with van der Waals surface area (Å²) in [5.41, 5.74) is 0. The van der Waals surface area contributed by atoms with E-state index in [0.717, 1.165) is 96.3 Å². The number of amides is 1. The second-order valence-corrected chi connectivity index (χ2v) is 18.4. The van der Waals surface area contributed by atoms with Gasteiger partial charge in [0, 0.05) is 6.42 Å². The van der Waals surface area contributed by atoms with Crippen LogP contribution in [0.25, 0.3) is 0 Å². The van der Waals surface area contributed by atoms with Gasteiger partial charge < -0.3 is 20.3 Å². The summed E-state index contributed by atoms with van der Waals surface area (Å²) >= 11 is 0. The minimum absolute atomic E-state index is 0.0402. The van der Waals surface area contributed by atoms with Crippen LogP contribution in [0.5, 0.6) is 0 Å². The first kappa shape index (κ1) is 62.8. The number of rotatable bonds is 48. The average molecular weight is 918 g/mol. The molecule has 66 heavy (non-hydrogen) atoms. The summed E-state index contributed by atoms with van der Waals surface area (Å²) in [7, 11) is 0. The molecule has 0 radical (unpaired) electrons. The van der Waals surface area contributed by atoms with Gasteiger partial charge in [-0.05, 0) is 83.5 Å². The maximum absolute atomic E-state index is 13.3. The van der Waals surface area contributed by atoms with Crippen LogP contribution in [-0.4, -0.2) is 46.9 Å². The molecule has 0 aliphatic heterocycles. The Morgan fingerprint density at radius 1 is 0.470 bits per heavy atom. The van der Waals surface area contributed by atoms with Gasteiger partial charge in [-0.3, -0.25) is 9.59 Å². The molecule has 3 N–H and O–H groups in total. The molecular weight excluding hydrogens is 815 g/mol. The lowest BCUT2D eigenvalue weighted by atomic mass is 10.0. The van der Waals surface area contributed by atoms with Gasteiger partial charge in [-0.15, -0.1) is 0 Å². The summed E-state index contributed by atoms with van der Waals surface area (Å²) in [5, 5.41) is 23.8. The van der Waals surface area contributed by atoms with Gasteiger partial charge in [-0.1, -0.05) is 246 Å². The zero-order valence-electron chi connectivity index (χ0n) is 43.0. The van der Waals surface area contributed by atoms with Crippen LogP contribution in [0.2, 0.25) is 0 Å². The maximum atomic E-state index is 13.3. The highest BCUT2D eigenvalue weighted by Gasteiger charge is 2.24. The number of esters is 1. The fourth-order valence-corrected chi connectivity index (χ4v) is 7.87. The van der Waals surface area contributed by atoms with E-state index in [9.17, 15) is 19.8 Å². The van der Waals surface area contributed by atoms with E-state index in [1.165, 1.54) is 103 Å². The number of aliphatic hydroxyl groups excluding tert-OH is 2. The van der Waals surface area contributed by atoms with Gasteiger partial charge in [0.05, 0.1) is 25.2 Å². The van der Waals surface area contributed by atoms with Gasteiger partial charge in [-0.2, -0.15) is 0 Å². The molecule has 0 aliphatic carbocycles. The fraction of sp³-hybridized carbons (Fsp3) is 0.700. The molecule has 0 bridgehead atoms. The van der Waals surface area contributed by atoms with E-state index < -0.39 is 18.2 Å². The third kappa shape index (κ3) is 47.3. The summed E-state index contributed by atoms with van der Waals surface area (Å²) in [5.74, 6) is -0.548. The largest absolute Gasteiger partial charge is 0.462 e. The molecule has 0 fully saturated rings. The number of carbonyl (C=O) groups excluding carboxylic acids is 2. The molecule has 0 saturated carbocycles. The van der Waals surface area contributed by atoms with Crippen LogP contribution in [0.15, 0.2) is 97.2 Å². The van der Waals surface area contributed by atoms with Crippen molar-refractivity contribution < 1.29 is 24.5 Å². The van der Waals surface area contributed by atoms with Crippen molar-refractivity contribution in [1.29, 1.82) is 0 Å². The molecule has 0 saturated heterocycles. The monoisotopic (exact) mass is 918 g/mol. The highest BCUT2D eigenvalue weighted by atomic mass is 16.5. The molecule has 0 rings (SSSR count). The molecule has 6 heteroatoms. The van der Waals surface area contributed by atoms with Crippen LogP contribution in [0, 0.1) is 0 Å². The zero-order valence-corrected chi connectivity index (χ0v) is 43.0. The number of nitrogens with one attached hydrogen (secondary N) is 1.